The normalized spacial score (nSPS) is 11.3. The molecule has 0 fully saturated rings. The van der Waals surface area contributed by atoms with Crippen LogP contribution in [0.1, 0.15) is 0 Å². The highest BCUT2D eigenvalue weighted by Gasteiger charge is 2.18. The minimum atomic E-state index is -0.658. The molecule has 0 amide bonds. The molecule has 9 nitrogen and oxygen atoms in total. The first-order valence-electron chi connectivity index (χ1n) is 9.46. The van der Waals surface area contributed by atoms with Crippen molar-refractivity contribution in [2.24, 2.45) is 7.05 Å². The molecule has 4 aromatic heterocycles. The van der Waals surface area contributed by atoms with Gasteiger partial charge in [-0.2, -0.15) is 14.5 Å². The summed E-state index contributed by atoms with van der Waals surface area (Å²) >= 11 is 0. The van der Waals surface area contributed by atoms with Gasteiger partial charge in [-0.05, 0) is 30.3 Å². The summed E-state index contributed by atoms with van der Waals surface area (Å²) in [5.41, 5.74) is 1.76. The van der Waals surface area contributed by atoms with E-state index in [2.05, 4.69) is 31.9 Å². The summed E-state index contributed by atoms with van der Waals surface area (Å²) < 4.78 is 18.4. The van der Waals surface area contributed by atoms with E-state index in [1.165, 1.54) is 27.7 Å². The summed E-state index contributed by atoms with van der Waals surface area (Å²) in [4.78, 5) is 25.6. The molecule has 1 N–H and O–H groups in total. The van der Waals surface area contributed by atoms with Gasteiger partial charge in [0.25, 0.3) is 5.56 Å². The van der Waals surface area contributed by atoms with E-state index in [1.54, 1.807) is 23.0 Å². The predicted molar refractivity (Wildman–Crippen MR) is 115 cm³/mol. The van der Waals surface area contributed by atoms with Crippen molar-refractivity contribution < 1.29 is 4.39 Å². The SMILES string of the molecule is C=CCn1c(=O)c2cnc(Nc3ccc4c(cnn4C)c3)nc2n1-c1cccc(F)n1. The van der Waals surface area contributed by atoms with E-state index < -0.39 is 5.95 Å². The number of pyridine rings is 1. The molecule has 31 heavy (non-hydrogen) atoms. The maximum absolute atomic E-state index is 13.8. The van der Waals surface area contributed by atoms with Crippen LogP contribution >= 0.6 is 0 Å². The molecule has 0 spiro atoms. The quantitative estimate of drug-likeness (QED) is 0.350. The van der Waals surface area contributed by atoms with Gasteiger partial charge in [0.1, 0.15) is 5.39 Å². The molecule has 10 heteroatoms. The van der Waals surface area contributed by atoms with Crippen molar-refractivity contribution in [3.8, 4) is 5.82 Å². The summed E-state index contributed by atoms with van der Waals surface area (Å²) in [7, 11) is 1.88. The summed E-state index contributed by atoms with van der Waals surface area (Å²) in [5, 5.41) is 8.65. The lowest BCUT2D eigenvalue weighted by molar-refractivity contribution is 0.556. The van der Waals surface area contributed by atoms with Crippen LogP contribution in [0.3, 0.4) is 0 Å². The number of hydrogen-bond acceptors (Lipinski definition) is 6. The molecule has 0 saturated carbocycles. The van der Waals surface area contributed by atoms with Gasteiger partial charge in [-0.15, -0.1) is 6.58 Å². The van der Waals surface area contributed by atoms with E-state index in [0.717, 1.165) is 16.6 Å². The predicted octanol–water partition coefficient (Wildman–Crippen LogP) is 2.93. The molecule has 0 atom stereocenters. The molecule has 5 rings (SSSR count). The number of rotatable bonds is 5. The first-order valence-corrected chi connectivity index (χ1v) is 9.46. The maximum Gasteiger partial charge on any atom is 0.278 e. The van der Waals surface area contributed by atoms with Crippen molar-refractivity contribution in [3.05, 3.63) is 77.7 Å². The first-order chi connectivity index (χ1) is 15.0. The Morgan fingerprint density at radius 3 is 2.87 bits per heavy atom. The van der Waals surface area contributed by atoms with Gasteiger partial charge in [0, 0.05) is 24.3 Å². The highest BCUT2D eigenvalue weighted by molar-refractivity contribution is 5.83. The largest absolute Gasteiger partial charge is 0.324 e. The molecule has 5 aromatic rings. The van der Waals surface area contributed by atoms with E-state index in [1.807, 2.05) is 25.2 Å². The minimum Gasteiger partial charge on any atom is -0.324 e. The molecule has 0 aliphatic carbocycles. The fourth-order valence-electron chi connectivity index (χ4n) is 3.49. The fourth-order valence-corrected chi connectivity index (χ4v) is 3.49. The molecular weight excluding hydrogens is 399 g/mol. The molecule has 0 unspecified atom stereocenters. The van der Waals surface area contributed by atoms with Crippen molar-refractivity contribution in [3.63, 3.8) is 0 Å². The Balaban J connectivity index is 1.64. The Labute approximate surface area is 175 Å². The zero-order chi connectivity index (χ0) is 21.5. The van der Waals surface area contributed by atoms with Gasteiger partial charge < -0.3 is 5.32 Å². The van der Waals surface area contributed by atoms with E-state index in [4.69, 9.17) is 0 Å². The molecule has 0 aliphatic rings. The number of anilines is 2. The van der Waals surface area contributed by atoms with Crippen molar-refractivity contribution in [2.75, 3.05) is 5.32 Å². The van der Waals surface area contributed by atoms with Crippen molar-refractivity contribution in [1.82, 2.24) is 34.1 Å². The van der Waals surface area contributed by atoms with Gasteiger partial charge in [-0.1, -0.05) is 12.1 Å². The van der Waals surface area contributed by atoms with E-state index in [-0.39, 0.29) is 23.9 Å². The number of aromatic nitrogens is 7. The zero-order valence-electron chi connectivity index (χ0n) is 16.5. The molecule has 0 saturated heterocycles. The number of fused-ring (bicyclic) bond motifs is 2. The Kier molecular flexibility index (Phi) is 4.32. The van der Waals surface area contributed by atoms with Gasteiger partial charge in [0.2, 0.25) is 11.9 Å². The van der Waals surface area contributed by atoms with Gasteiger partial charge in [-0.25, -0.2) is 19.3 Å². The standard InChI is InChI=1S/C21H17FN8O/c1-3-9-29-20(31)15-12-23-21(25-14-7-8-16-13(10-14)11-24-28(16)2)27-19(15)30(29)18-6-4-5-17(22)26-18/h3-8,10-12H,1,9H2,2H3,(H,23,25,27). The number of nitrogens with zero attached hydrogens (tertiary/aromatic N) is 7. The van der Waals surface area contributed by atoms with Crippen molar-refractivity contribution in [2.45, 2.75) is 6.54 Å². The third kappa shape index (κ3) is 3.14. The van der Waals surface area contributed by atoms with Crippen LogP contribution < -0.4 is 10.9 Å². The molecule has 154 valence electrons. The lowest BCUT2D eigenvalue weighted by Crippen LogP contribution is -2.22. The molecule has 0 aliphatic heterocycles. The Morgan fingerprint density at radius 1 is 1.19 bits per heavy atom. The van der Waals surface area contributed by atoms with Crippen LogP contribution in [0.5, 0.6) is 0 Å². The number of nitrogens with one attached hydrogen (secondary N) is 1. The maximum atomic E-state index is 13.8. The minimum absolute atomic E-state index is 0.202. The number of benzene rings is 1. The second-order valence-electron chi connectivity index (χ2n) is 6.90. The third-order valence-corrected chi connectivity index (χ3v) is 4.90. The smallest absolute Gasteiger partial charge is 0.278 e. The van der Waals surface area contributed by atoms with E-state index in [9.17, 15) is 9.18 Å². The van der Waals surface area contributed by atoms with E-state index in [0.29, 0.717) is 11.0 Å². The Morgan fingerprint density at radius 2 is 2.06 bits per heavy atom. The average molecular weight is 416 g/mol. The molecule has 0 bridgehead atoms. The number of hydrogen-bond donors (Lipinski definition) is 1. The molecular formula is C21H17FN8O. The Bertz CT molecular complexity index is 1510. The van der Waals surface area contributed by atoms with Gasteiger partial charge in [0.15, 0.2) is 11.5 Å². The lowest BCUT2D eigenvalue weighted by Gasteiger charge is -2.10. The first kappa shape index (κ1) is 18.7. The van der Waals surface area contributed by atoms with Crippen LogP contribution in [-0.4, -0.2) is 34.1 Å². The second kappa shape index (κ2) is 7.17. The summed E-state index contributed by atoms with van der Waals surface area (Å²) in [6, 6.07) is 10.1. The zero-order valence-corrected chi connectivity index (χ0v) is 16.5. The fraction of sp³-hybridized carbons (Fsp3) is 0.0952. The number of halogens is 1. The van der Waals surface area contributed by atoms with Crippen LogP contribution in [0.4, 0.5) is 16.0 Å². The topological polar surface area (TPSA) is 95.5 Å². The van der Waals surface area contributed by atoms with Crippen LogP contribution in [0.25, 0.3) is 27.8 Å². The molecule has 0 radical (unpaired) electrons. The van der Waals surface area contributed by atoms with Crippen molar-refractivity contribution in [1.29, 1.82) is 0 Å². The van der Waals surface area contributed by atoms with Crippen LogP contribution in [0.2, 0.25) is 0 Å². The third-order valence-electron chi connectivity index (χ3n) is 4.90. The summed E-state index contributed by atoms with van der Waals surface area (Å²) in [6.45, 7) is 3.90. The highest BCUT2D eigenvalue weighted by Crippen LogP contribution is 2.22. The Hall–Kier alpha value is -4.34. The molecule has 1 aromatic carbocycles. The van der Waals surface area contributed by atoms with Crippen LogP contribution in [0.15, 0.2) is 66.2 Å². The van der Waals surface area contributed by atoms with Gasteiger partial charge in [-0.3, -0.25) is 9.48 Å². The van der Waals surface area contributed by atoms with Crippen LogP contribution in [-0.2, 0) is 13.6 Å². The highest BCUT2D eigenvalue weighted by atomic mass is 19.1. The van der Waals surface area contributed by atoms with Gasteiger partial charge in [0.05, 0.1) is 18.3 Å². The van der Waals surface area contributed by atoms with Crippen molar-refractivity contribution >= 4 is 33.6 Å². The summed E-state index contributed by atoms with van der Waals surface area (Å²) in [5.74, 6) is -0.138. The van der Waals surface area contributed by atoms with E-state index >= 15 is 0 Å². The number of allylic oxidation sites excluding steroid dienone is 1. The van der Waals surface area contributed by atoms with Crippen LogP contribution in [0, 0.1) is 5.95 Å². The second-order valence-corrected chi connectivity index (χ2v) is 6.90. The average Bonchev–Trinajstić information content (AvgIpc) is 3.26. The monoisotopic (exact) mass is 416 g/mol. The summed E-state index contributed by atoms with van der Waals surface area (Å²) in [6.07, 6.45) is 4.80. The lowest BCUT2D eigenvalue weighted by atomic mass is 10.2. The number of aryl methyl sites for hydroxylation is 1. The molecule has 4 heterocycles. The van der Waals surface area contributed by atoms with Gasteiger partial charge >= 0.3 is 0 Å².